The maximum absolute atomic E-state index is 3.48. The van der Waals surface area contributed by atoms with Crippen LogP contribution in [0, 0.1) is 0 Å². The highest BCUT2D eigenvalue weighted by atomic mass is 15.3. The number of hydrogen-bond donors (Lipinski definition) is 1. The van der Waals surface area contributed by atoms with Crippen LogP contribution >= 0.6 is 0 Å². The van der Waals surface area contributed by atoms with E-state index in [1.165, 1.54) is 46.7 Å². The lowest BCUT2D eigenvalue weighted by molar-refractivity contribution is 0.148. The molecular weight excluding hydrogens is 394 g/mol. The molecule has 2 aliphatic heterocycles. The van der Waals surface area contributed by atoms with Crippen molar-refractivity contribution in [2.75, 3.05) is 71.4 Å². The Kier molecular flexibility index (Phi) is 6.30. The number of likely N-dealkylation sites (N-methyl/N-ethyl adjacent to an activating group) is 2. The van der Waals surface area contributed by atoms with Gasteiger partial charge in [-0.3, -0.25) is 4.90 Å². The van der Waals surface area contributed by atoms with Crippen molar-refractivity contribution in [2.24, 2.45) is 0 Å². The van der Waals surface area contributed by atoms with Crippen LogP contribution in [-0.4, -0.2) is 86.1 Å². The highest BCUT2D eigenvalue weighted by molar-refractivity contribution is 5.72. The Balaban J connectivity index is 1.22. The van der Waals surface area contributed by atoms with Crippen molar-refractivity contribution >= 4 is 5.69 Å². The van der Waals surface area contributed by atoms with E-state index in [9.17, 15) is 0 Å². The minimum atomic E-state index is 1.05. The van der Waals surface area contributed by atoms with Crippen molar-refractivity contribution in [3.05, 3.63) is 66.4 Å². The third-order valence-electron chi connectivity index (χ3n) is 7.02. The first-order valence-electron chi connectivity index (χ1n) is 11.9. The van der Waals surface area contributed by atoms with E-state index in [1.54, 1.807) is 0 Å². The predicted molar refractivity (Wildman–Crippen MR) is 134 cm³/mol. The van der Waals surface area contributed by atoms with Crippen molar-refractivity contribution in [3.63, 3.8) is 0 Å². The molecule has 1 aromatic heterocycles. The van der Waals surface area contributed by atoms with Crippen LogP contribution in [0.25, 0.3) is 22.4 Å². The Morgan fingerprint density at radius 3 is 1.91 bits per heavy atom. The smallest absolute Gasteiger partial charge is 0.0460 e. The third kappa shape index (κ3) is 4.90. The molecule has 5 nitrogen and oxygen atoms in total. The highest BCUT2D eigenvalue weighted by Crippen LogP contribution is 2.28. The van der Waals surface area contributed by atoms with Crippen molar-refractivity contribution in [1.82, 2.24) is 19.7 Å². The average Bonchev–Trinajstić information content (AvgIpc) is 3.32. The Labute approximate surface area is 192 Å². The van der Waals surface area contributed by atoms with Crippen LogP contribution in [0.2, 0.25) is 0 Å². The molecule has 0 spiro atoms. The quantitative estimate of drug-likeness (QED) is 0.667. The minimum absolute atomic E-state index is 1.05. The number of rotatable bonds is 5. The van der Waals surface area contributed by atoms with Gasteiger partial charge in [0, 0.05) is 76.5 Å². The zero-order valence-electron chi connectivity index (χ0n) is 19.4. The number of hydrogen-bond acceptors (Lipinski definition) is 4. The van der Waals surface area contributed by atoms with Crippen molar-refractivity contribution in [1.29, 1.82) is 0 Å². The number of benzene rings is 2. The number of nitrogens with zero attached hydrogens (tertiary/aromatic N) is 4. The second-order valence-electron chi connectivity index (χ2n) is 9.42. The molecule has 0 aliphatic carbocycles. The molecule has 3 aromatic rings. The molecular formula is C27H35N5. The van der Waals surface area contributed by atoms with E-state index in [-0.39, 0.29) is 0 Å². The van der Waals surface area contributed by atoms with Gasteiger partial charge < -0.3 is 19.7 Å². The molecule has 3 heterocycles. The summed E-state index contributed by atoms with van der Waals surface area (Å²) < 4.78 is 0. The van der Waals surface area contributed by atoms with Crippen molar-refractivity contribution in [2.45, 2.75) is 6.54 Å². The number of anilines is 1. The SMILES string of the molecule is CN1CCN(Cc2ccc(-c3c[nH]c(-c4ccc(N5CCN(C)CC5)cc4)c3)cc2)CC1. The van der Waals surface area contributed by atoms with Gasteiger partial charge in [-0.15, -0.1) is 0 Å². The first-order chi connectivity index (χ1) is 15.6. The molecule has 2 saturated heterocycles. The van der Waals surface area contributed by atoms with E-state index >= 15 is 0 Å². The van der Waals surface area contributed by atoms with Crippen LogP contribution in [0.3, 0.4) is 0 Å². The van der Waals surface area contributed by atoms with Gasteiger partial charge in [0.1, 0.15) is 0 Å². The standard InChI is InChI=1S/C27H35N5/c1-29-11-15-31(16-12-29)21-22-3-5-23(6-4-22)25-19-27(28-20-25)24-7-9-26(10-8-24)32-17-13-30(2)14-18-32/h3-10,19-20,28H,11-18,21H2,1-2H3. The summed E-state index contributed by atoms with van der Waals surface area (Å²) in [6.07, 6.45) is 2.12. The molecule has 0 saturated carbocycles. The number of aromatic amines is 1. The summed E-state index contributed by atoms with van der Waals surface area (Å²) in [5, 5.41) is 0. The summed E-state index contributed by atoms with van der Waals surface area (Å²) in [5.74, 6) is 0. The molecule has 2 fully saturated rings. The van der Waals surface area contributed by atoms with Gasteiger partial charge in [0.25, 0.3) is 0 Å². The van der Waals surface area contributed by atoms with Gasteiger partial charge in [-0.05, 0) is 54.5 Å². The van der Waals surface area contributed by atoms with Crippen LogP contribution in [0.1, 0.15) is 5.56 Å². The van der Waals surface area contributed by atoms with E-state index in [0.29, 0.717) is 0 Å². The fraction of sp³-hybridized carbons (Fsp3) is 0.407. The molecule has 2 aliphatic rings. The van der Waals surface area contributed by atoms with Crippen LogP contribution in [-0.2, 0) is 6.54 Å². The number of H-pyrrole nitrogens is 1. The van der Waals surface area contributed by atoms with Gasteiger partial charge in [0.2, 0.25) is 0 Å². The summed E-state index contributed by atoms with van der Waals surface area (Å²) >= 11 is 0. The van der Waals surface area contributed by atoms with Crippen LogP contribution < -0.4 is 4.90 Å². The van der Waals surface area contributed by atoms with Gasteiger partial charge in [-0.1, -0.05) is 36.4 Å². The van der Waals surface area contributed by atoms with Gasteiger partial charge in [0.15, 0.2) is 0 Å². The maximum Gasteiger partial charge on any atom is 0.0460 e. The molecule has 32 heavy (non-hydrogen) atoms. The third-order valence-corrected chi connectivity index (χ3v) is 7.02. The first-order valence-corrected chi connectivity index (χ1v) is 11.9. The van der Waals surface area contributed by atoms with Gasteiger partial charge >= 0.3 is 0 Å². The summed E-state index contributed by atoms with van der Waals surface area (Å²) in [6, 6.07) is 20.3. The lowest BCUT2D eigenvalue weighted by Gasteiger charge is -2.34. The van der Waals surface area contributed by atoms with E-state index < -0.39 is 0 Å². The van der Waals surface area contributed by atoms with Crippen LogP contribution in [0.5, 0.6) is 0 Å². The highest BCUT2D eigenvalue weighted by Gasteiger charge is 2.15. The Morgan fingerprint density at radius 1 is 0.656 bits per heavy atom. The van der Waals surface area contributed by atoms with E-state index in [2.05, 4.69) is 99.5 Å². The van der Waals surface area contributed by atoms with Crippen LogP contribution in [0.4, 0.5) is 5.69 Å². The minimum Gasteiger partial charge on any atom is -0.369 e. The van der Waals surface area contributed by atoms with Gasteiger partial charge in [0.05, 0.1) is 0 Å². The molecule has 2 aromatic carbocycles. The largest absolute Gasteiger partial charge is 0.369 e. The normalized spacial score (nSPS) is 18.9. The Bertz CT molecular complexity index is 991. The summed E-state index contributed by atoms with van der Waals surface area (Å²) in [6.45, 7) is 10.2. The van der Waals surface area contributed by atoms with E-state index in [4.69, 9.17) is 0 Å². The molecule has 5 heteroatoms. The molecule has 1 N–H and O–H groups in total. The van der Waals surface area contributed by atoms with Gasteiger partial charge in [-0.2, -0.15) is 0 Å². The zero-order chi connectivity index (χ0) is 21.9. The molecule has 0 amide bonds. The summed E-state index contributed by atoms with van der Waals surface area (Å²) in [7, 11) is 4.41. The molecule has 0 unspecified atom stereocenters. The fourth-order valence-corrected chi connectivity index (χ4v) is 4.71. The first kappa shape index (κ1) is 21.3. The van der Waals surface area contributed by atoms with Crippen LogP contribution in [0.15, 0.2) is 60.8 Å². The average molecular weight is 430 g/mol. The second-order valence-corrected chi connectivity index (χ2v) is 9.42. The predicted octanol–water partition coefficient (Wildman–Crippen LogP) is 3.85. The molecule has 0 radical (unpaired) electrons. The van der Waals surface area contributed by atoms with Gasteiger partial charge in [-0.25, -0.2) is 0 Å². The molecule has 168 valence electrons. The summed E-state index contributed by atoms with van der Waals surface area (Å²) in [5.41, 5.74) is 7.64. The summed E-state index contributed by atoms with van der Waals surface area (Å²) in [4.78, 5) is 13.3. The number of nitrogens with one attached hydrogen (secondary N) is 1. The fourth-order valence-electron chi connectivity index (χ4n) is 4.71. The Morgan fingerprint density at radius 2 is 1.25 bits per heavy atom. The Hall–Kier alpha value is -2.60. The topological polar surface area (TPSA) is 28.8 Å². The lowest BCUT2D eigenvalue weighted by atomic mass is 10.0. The second kappa shape index (κ2) is 9.49. The number of piperazine rings is 2. The van der Waals surface area contributed by atoms with E-state index in [1.807, 2.05) is 0 Å². The number of aromatic nitrogens is 1. The molecule has 0 atom stereocenters. The van der Waals surface area contributed by atoms with Crippen molar-refractivity contribution < 1.29 is 0 Å². The van der Waals surface area contributed by atoms with E-state index in [0.717, 1.165) is 45.8 Å². The zero-order valence-corrected chi connectivity index (χ0v) is 19.4. The monoisotopic (exact) mass is 429 g/mol. The van der Waals surface area contributed by atoms with Crippen molar-refractivity contribution in [3.8, 4) is 22.4 Å². The lowest BCUT2D eigenvalue weighted by Crippen LogP contribution is -2.44. The molecule has 5 rings (SSSR count). The maximum atomic E-state index is 3.48. The molecule has 0 bridgehead atoms.